The van der Waals surface area contributed by atoms with Crippen LogP contribution in [0.3, 0.4) is 0 Å². The largest absolute Gasteiger partial charge is 0.354 e. The van der Waals surface area contributed by atoms with E-state index < -0.39 is 0 Å². The maximum atomic E-state index is 4.57. The first-order valence-electron chi connectivity index (χ1n) is 3.78. The molecule has 1 aliphatic heterocycles. The molecule has 2 rings (SSSR count). The summed E-state index contributed by atoms with van der Waals surface area (Å²) in [5, 5.41) is 1.27. The summed E-state index contributed by atoms with van der Waals surface area (Å²) in [5.41, 5.74) is 0. The van der Waals surface area contributed by atoms with Gasteiger partial charge >= 0.3 is 0 Å². The Morgan fingerprint density at radius 2 is 2.40 bits per heavy atom. The van der Waals surface area contributed by atoms with Gasteiger partial charge in [0.2, 0.25) is 0 Å². The fourth-order valence-corrected chi connectivity index (χ4v) is 2.06. The van der Waals surface area contributed by atoms with Gasteiger partial charge in [-0.25, -0.2) is 0 Å². The zero-order valence-corrected chi connectivity index (χ0v) is 7.02. The monoisotopic (exact) mass is 156 g/mol. The Kier molecular flexibility index (Phi) is 1.60. The summed E-state index contributed by atoms with van der Waals surface area (Å²) in [5.74, 6) is 1.22. The maximum Gasteiger partial charge on any atom is 0.159 e. The smallest absolute Gasteiger partial charge is 0.159 e. The van der Waals surface area contributed by atoms with Crippen LogP contribution in [-0.2, 0) is 0 Å². The molecule has 1 saturated carbocycles. The minimum Gasteiger partial charge on any atom is -0.354 e. The molecule has 2 nitrogen and oxygen atoms in total. The average Bonchev–Trinajstić information content (AvgIpc) is 2.62. The Morgan fingerprint density at radius 3 is 2.90 bits per heavy atom. The van der Waals surface area contributed by atoms with Crippen molar-refractivity contribution in [2.24, 2.45) is 4.99 Å². The molecule has 56 valence electrons. The molecular weight excluding hydrogens is 144 g/mol. The Balaban J connectivity index is 2.00. The van der Waals surface area contributed by atoms with Gasteiger partial charge in [0.05, 0.1) is 6.04 Å². The molecule has 0 spiro atoms. The van der Waals surface area contributed by atoms with Crippen LogP contribution < -0.4 is 0 Å². The minimum atomic E-state index is 0.683. The van der Waals surface area contributed by atoms with E-state index in [1.807, 2.05) is 11.8 Å². The highest BCUT2D eigenvalue weighted by Gasteiger charge is 2.24. The summed E-state index contributed by atoms with van der Waals surface area (Å²) >= 11 is 1.89. The molecule has 10 heavy (non-hydrogen) atoms. The Bertz CT molecular complexity index is 163. The number of thioether (sulfide) groups is 1. The van der Waals surface area contributed by atoms with Crippen LogP contribution in [0, 0.1) is 0 Å². The topological polar surface area (TPSA) is 15.6 Å². The Hall–Kier alpha value is -0.180. The normalized spacial score (nSPS) is 30.1. The molecule has 0 bridgehead atoms. The Labute approximate surface area is 65.7 Å². The molecule has 0 aromatic rings. The van der Waals surface area contributed by atoms with E-state index in [0.717, 1.165) is 0 Å². The van der Waals surface area contributed by atoms with E-state index >= 15 is 0 Å². The van der Waals surface area contributed by atoms with Crippen molar-refractivity contribution in [2.45, 2.75) is 18.9 Å². The molecular formula is C7H12N2S. The lowest BCUT2D eigenvalue weighted by atomic mass is 10.7. The van der Waals surface area contributed by atoms with Crippen LogP contribution in [0.2, 0.25) is 0 Å². The van der Waals surface area contributed by atoms with Crippen molar-refractivity contribution < 1.29 is 0 Å². The van der Waals surface area contributed by atoms with E-state index in [0.29, 0.717) is 6.04 Å². The van der Waals surface area contributed by atoms with Gasteiger partial charge in [0, 0.05) is 19.3 Å². The summed E-state index contributed by atoms with van der Waals surface area (Å²) in [6, 6.07) is 0.683. The second-order valence-electron chi connectivity index (χ2n) is 2.91. The number of amidine groups is 1. The molecule has 2 aliphatic rings. The number of hydrogen-bond acceptors (Lipinski definition) is 2. The van der Waals surface area contributed by atoms with E-state index in [1.165, 1.54) is 30.3 Å². The van der Waals surface area contributed by atoms with Crippen molar-refractivity contribution in [3.8, 4) is 0 Å². The molecule has 2 fully saturated rings. The van der Waals surface area contributed by atoms with E-state index in [-0.39, 0.29) is 0 Å². The van der Waals surface area contributed by atoms with Gasteiger partial charge in [-0.15, -0.1) is 0 Å². The third-order valence-electron chi connectivity index (χ3n) is 1.82. The van der Waals surface area contributed by atoms with Crippen molar-refractivity contribution >= 4 is 16.9 Å². The molecule has 0 unspecified atom stereocenters. The predicted molar refractivity (Wildman–Crippen MR) is 45.5 cm³/mol. The van der Waals surface area contributed by atoms with E-state index in [1.54, 1.807) is 0 Å². The molecule has 0 aromatic carbocycles. The van der Waals surface area contributed by atoms with Crippen LogP contribution in [0.15, 0.2) is 4.99 Å². The number of nitrogens with zero attached hydrogens (tertiary/aromatic N) is 2. The molecule has 1 saturated heterocycles. The van der Waals surface area contributed by atoms with Gasteiger partial charge in [0.15, 0.2) is 5.17 Å². The molecule has 1 aliphatic carbocycles. The maximum absolute atomic E-state index is 4.57. The van der Waals surface area contributed by atoms with Crippen molar-refractivity contribution in [3.05, 3.63) is 0 Å². The highest BCUT2D eigenvalue weighted by atomic mass is 32.2. The zero-order chi connectivity index (χ0) is 6.97. The SMILES string of the molecule is CN1CCSC1=NC1CC1. The van der Waals surface area contributed by atoms with E-state index in [9.17, 15) is 0 Å². The van der Waals surface area contributed by atoms with E-state index in [4.69, 9.17) is 0 Å². The van der Waals surface area contributed by atoms with Gasteiger partial charge in [-0.2, -0.15) is 0 Å². The van der Waals surface area contributed by atoms with Crippen LogP contribution in [0.25, 0.3) is 0 Å². The summed E-state index contributed by atoms with van der Waals surface area (Å²) in [6.07, 6.45) is 2.63. The van der Waals surface area contributed by atoms with Gasteiger partial charge in [-0.05, 0) is 12.8 Å². The van der Waals surface area contributed by atoms with Crippen LogP contribution in [-0.4, -0.2) is 35.5 Å². The van der Waals surface area contributed by atoms with Gasteiger partial charge in [-0.1, -0.05) is 11.8 Å². The van der Waals surface area contributed by atoms with Gasteiger partial charge < -0.3 is 4.90 Å². The lowest BCUT2D eigenvalue weighted by Crippen LogP contribution is -2.18. The molecule has 3 heteroatoms. The van der Waals surface area contributed by atoms with Crippen molar-refractivity contribution in [3.63, 3.8) is 0 Å². The fourth-order valence-electron chi connectivity index (χ4n) is 0.975. The molecule has 0 radical (unpaired) electrons. The van der Waals surface area contributed by atoms with E-state index in [2.05, 4.69) is 16.9 Å². The highest BCUT2D eigenvalue weighted by molar-refractivity contribution is 8.14. The summed E-state index contributed by atoms with van der Waals surface area (Å²) in [4.78, 5) is 6.83. The molecule has 0 atom stereocenters. The second kappa shape index (κ2) is 2.46. The number of rotatable bonds is 1. The third-order valence-corrected chi connectivity index (χ3v) is 2.89. The molecule has 1 heterocycles. The van der Waals surface area contributed by atoms with Gasteiger partial charge in [0.25, 0.3) is 0 Å². The molecule has 0 amide bonds. The van der Waals surface area contributed by atoms with Gasteiger partial charge in [-0.3, -0.25) is 4.99 Å². The standard InChI is InChI=1S/C7H12N2S/c1-9-4-5-10-7(9)8-6-2-3-6/h6H,2-5H2,1H3. The quantitative estimate of drug-likeness (QED) is 0.566. The highest BCUT2D eigenvalue weighted by Crippen LogP contribution is 2.27. The van der Waals surface area contributed by atoms with Crippen molar-refractivity contribution in [2.75, 3.05) is 19.3 Å². The van der Waals surface area contributed by atoms with Crippen molar-refractivity contribution in [1.82, 2.24) is 4.90 Å². The lowest BCUT2D eigenvalue weighted by Gasteiger charge is -2.08. The van der Waals surface area contributed by atoms with Gasteiger partial charge in [0.1, 0.15) is 0 Å². The summed E-state index contributed by atoms with van der Waals surface area (Å²) < 4.78 is 0. The first-order chi connectivity index (χ1) is 4.86. The number of hydrogen-bond donors (Lipinski definition) is 0. The average molecular weight is 156 g/mol. The first-order valence-corrected chi connectivity index (χ1v) is 4.76. The summed E-state index contributed by atoms with van der Waals surface area (Å²) in [6.45, 7) is 1.18. The molecule has 0 aromatic heterocycles. The summed E-state index contributed by atoms with van der Waals surface area (Å²) in [7, 11) is 2.13. The minimum absolute atomic E-state index is 0.683. The zero-order valence-electron chi connectivity index (χ0n) is 6.21. The molecule has 0 N–H and O–H groups in total. The fraction of sp³-hybridized carbons (Fsp3) is 0.857. The van der Waals surface area contributed by atoms with Crippen molar-refractivity contribution in [1.29, 1.82) is 0 Å². The first kappa shape index (κ1) is 6.53. The van der Waals surface area contributed by atoms with Crippen LogP contribution >= 0.6 is 11.8 Å². The van der Waals surface area contributed by atoms with Crippen LogP contribution in [0.4, 0.5) is 0 Å². The Morgan fingerprint density at radius 1 is 1.60 bits per heavy atom. The predicted octanol–water partition coefficient (Wildman–Crippen LogP) is 1.18. The second-order valence-corrected chi connectivity index (χ2v) is 3.97. The third kappa shape index (κ3) is 1.29. The van der Waals surface area contributed by atoms with Crippen LogP contribution in [0.1, 0.15) is 12.8 Å². The van der Waals surface area contributed by atoms with Crippen LogP contribution in [0.5, 0.6) is 0 Å². The number of aliphatic imine (C=N–C) groups is 1. The lowest BCUT2D eigenvalue weighted by molar-refractivity contribution is 0.560.